The average Bonchev–Trinajstić information content (AvgIpc) is 3.10. The van der Waals surface area contributed by atoms with E-state index in [1.165, 1.54) is 30.5 Å². The Hall–Kier alpha value is -2.77. The van der Waals surface area contributed by atoms with E-state index in [9.17, 15) is 13.2 Å². The number of rotatable bonds is 6. The van der Waals surface area contributed by atoms with Crippen molar-refractivity contribution < 1.29 is 22.4 Å². The van der Waals surface area contributed by atoms with Crippen molar-refractivity contribution in [1.82, 2.24) is 4.72 Å². The lowest BCUT2D eigenvalue weighted by atomic mass is 10.2. The second-order valence-corrected chi connectivity index (χ2v) is 7.38. The van der Waals surface area contributed by atoms with Gasteiger partial charge in [-0.2, -0.15) is 0 Å². The molecule has 0 saturated heterocycles. The van der Waals surface area contributed by atoms with Crippen molar-refractivity contribution in [2.24, 2.45) is 0 Å². The van der Waals surface area contributed by atoms with E-state index in [1.807, 2.05) is 22.9 Å². The number of carbonyl (C=O) groups is 1. The van der Waals surface area contributed by atoms with Gasteiger partial charge in [-0.25, -0.2) is 13.1 Å². The number of halogens is 1. The molecule has 0 fully saturated rings. The zero-order valence-electron chi connectivity index (χ0n) is 13.4. The minimum absolute atomic E-state index is 0.0598. The van der Waals surface area contributed by atoms with Crippen molar-refractivity contribution in [3.63, 3.8) is 0 Å². The third-order valence-corrected chi connectivity index (χ3v) is 5.04. The molecular formula is C18H14ClNO5S. The lowest BCUT2D eigenvalue weighted by molar-refractivity contribution is 0.0951. The van der Waals surface area contributed by atoms with Crippen LogP contribution in [0.15, 0.2) is 76.2 Å². The molecule has 3 aromatic rings. The predicted molar refractivity (Wildman–Crippen MR) is 95.6 cm³/mol. The minimum Gasteiger partial charge on any atom is -0.489 e. The van der Waals surface area contributed by atoms with Crippen LogP contribution in [0.5, 0.6) is 5.75 Å². The van der Waals surface area contributed by atoms with Gasteiger partial charge in [0.15, 0.2) is 5.76 Å². The first-order valence-corrected chi connectivity index (χ1v) is 9.39. The Kier molecular flexibility index (Phi) is 5.29. The molecule has 1 heterocycles. The van der Waals surface area contributed by atoms with Crippen LogP contribution in [0.4, 0.5) is 0 Å². The number of ether oxygens (including phenoxy) is 1. The van der Waals surface area contributed by atoms with E-state index in [0.717, 1.165) is 0 Å². The number of hydrogen-bond acceptors (Lipinski definition) is 5. The molecular weight excluding hydrogens is 378 g/mol. The first-order chi connectivity index (χ1) is 12.5. The maximum Gasteiger partial charge on any atom is 0.301 e. The van der Waals surface area contributed by atoms with E-state index in [-0.39, 0.29) is 17.3 Å². The van der Waals surface area contributed by atoms with E-state index in [0.29, 0.717) is 16.3 Å². The highest BCUT2D eigenvalue weighted by Crippen LogP contribution is 2.18. The number of nitrogens with one attached hydrogen (secondary N) is 1. The Morgan fingerprint density at radius 2 is 1.73 bits per heavy atom. The standard InChI is InChI=1S/C18H14ClNO5S/c19-14-6-8-16(9-7-14)26(22,23)20-18(21)17-13(10-11-24-17)12-25-15-4-2-1-3-5-15/h1-11H,12H2,(H,20,21). The maximum atomic E-state index is 12.3. The van der Waals surface area contributed by atoms with Crippen LogP contribution in [0.25, 0.3) is 0 Å². The average molecular weight is 392 g/mol. The Balaban J connectivity index is 1.72. The molecule has 8 heteroatoms. The van der Waals surface area contributed by atoms with Crippen molar-refractivity contribution in [2.75, 3.05) is 0 Å². The van der Waals surface area contributed by atoms with Crippen molar-refractivity contribution in [3.8, 4) is 5.75 Å². The van der Waals surface area contributed by atoms with Crippen LogP contribution in [0, 0.1) is 0 Å². The van der Waals surface area contributed by atoms with E-state index < -0.39 is 15.9 Å². The summed E-state index contributed by atoms with van der Waals surface area (Å²) in [5.41, 5.74) is 0.428. The molecule has 0 saturated carbocycles. The Labute approximate surface area is 155 Å². The number of carbonyl (C=O) groups excluding carboxylic acids is 1. The summed E-state index contributed by atoms with van der Waals surface area (Å²) in [5, 5.41) is 0.390. The summed E-state index contributed by atoms with van der Waals surface area (Å²) in [7, 11) is -4.05. The van der Waals surface area contributed by atoms with Gasteiger partial charge in [-0.05, 0) is 42.5 Å². The second kappa shape index (κ2) is 7.63. The number of benzene rings is 2. The third-order valence-electron chi connectivity index (χ3n) is 3.44. The van der Waals surface area contributed by atoms with Crippen LogP contribution in [0.1, 0.15) is 16.1 Å². The summed E-state index contributed by atoms with van der Waals surface area (Å²) in [5.74, 6) is -0.385. The topological polar surface area (TPSA) is 85.6 Å². The quantitative estimate of drug-likeness (QED) is 0.693. The molecule has 6 nitrogen and oxygen atoms in total. The fraction of sp³-hybridized carbons (Fsp3) is 0.0556. The second-order valence-electron chi connectivity index (χ2n) is 5.27. The molecule has 0 radical (unpaired) electrons. The van der Waals surface area contributed by atoms with Crippen LogP contribution in [-0.4, -0.2) is 14.3 Å². The molecule has 0 aliphatic rings. The van der Waals surface area contributed by atoms with Crippen LogP contribution >= 0.6 is 11.6 Å². The Bertz CT molecular complexity index is 998. The zero-order chi connectivity index (χ0) is 18.6. The number of hydrogen-bond donors (Lipinski definition) is 1. The molecule has 134 valence electrons. The zero-order valence-corrected chi connectivity index (χ0v) is 15.0. The smallest absolute Gasteiger partial charge is 0.301 e. The number of amides is 1. The molecule has 0 aliphatic heterocycles. The maximum absolute atomic E-state index is 12.3. The van der Waals surface area contributed by atoms with Gasteiger partial charge in [-0.1, -0.05) is 29.8 Å². The van der Waals surface area contributed by atoms with Gasteiger partial charge in [0.1, 0.15) is 12.4 Å². The SMILES string of the molecule is O=C(NS(=O)(=O)c1ccc(Cl)cc1)c1occc1COc1ccccc1. The van der Waals surface area contributed by atoms with Gasteiger partial charge in [0, 0.05) is 10.6 Å². The summed E-state index contributed by atoms with van der Waals surface area (Å²) < 4.78 is 37.3. The molecule has 3 rings (SSSR count). The van der Waals surface area contributed by atoms with E-state index in [4.69, 9.17) is 20.8 Å². The highest BCUT2D eigenvalue weighted by molar-refractivity contribution is 7.90. The van der Waals surface area contributed by atoms with Gasteiger partial charge in [-0.3, -0.25) is 4.79 Å². The highest BCUT2D eigenvalue weighted by Gasteiger charge is 2.23. The van der Waals surface area contributed by atoms with Crippen LogP contribution < -0.4 is 9.46 Å². The van der Waals surface area contributed by atoms with Gasteiger partial charge in [-0.15, -0.1) is 0 Å². The van der Waals surface area contributed by atoms with Gasteiger partial charge in [0.05, 0.1) is 11.2 Å². The number of para-hydroxylation sites is 1. The van der Waals surface area contributed by atoms with Crippen molar-refractivity contribution in [1.29, 1.82) is 0 Å². The van der Waals surface area contributed by atoms with Crippen molar-refractivity contribution >= 4 is 27.5 Å². The molecule has 2 aromatic carbocycles. The lowest BCUT2D eigenvalue weighted by Gasteiger charge is -2.08. The van der Waals surface area contributed by atoms with Crippen LogP contribution in [0.3, 0.4) is 0 Å². The van der Waals surface area contributed by atoms with Gasteiger partial charge < -0.3 is 9.15 Å². The number of sulfonamides is 1. The molecule has 0 aliphatic carbocycles. The molecule has 0 bridgehead atoms. The van der Waals surface area contributed by atoms with Gasteiger partial charge >= 0.3 is 5.91 Å². The number of furan rings is 1. The van der Waals surface area contributed by atoms with E-state index >= 15 is 0 Å². The van der Waals surface area contributed by atoms with E-state index in [2.05, 4.69) is 0 Å². The summed E-state index contributed by atoms with van der Waals surface area (Å²) in [6, 6.07) is 16.0. The molecule has 0 spiro atoms. The van der Waals surface area contributed by atoms with Crippen molar-refractivity contribution in [3.05, 3.63) is 83.3 Å². The fourth-order valence-corrected chi connectivity index (χ4v) is 3.24. The van der Waals surface area contributed by atoms with Gasteiger partial charge in [0.2, 0.25) is 0 Å². The highest BCUT2D eigenvalue weighted by atomic mass is 35.5. The first-order valence-electron chi connectivity index (χ1n) is 7.52. The molecule has 1 amide bonds. The summed E-state index contributed by atoms with van der Waals surface area (Å²) in [6.07, 6.45) is 1.30. The lowest BCUT2D eigenvalue weighted by Crippen LogP contribution is -2.31. The summed E-state index contributed by atoms with van der Waals surface area (Å²) >= 11 is 5.74. The minimum atomic E-state index is -4.05. The molecule has 1 aromatic heterocycles. The molecule has 1 N–H and O–H groups in total. The molecule has 0 unspecified atom stereocenters. The van der Waals surface area contributed by atoms with Crippen LogP contribution in [-0.2, 0) is 16.6 Å². The summed E-state index contributed by atoms with van der Waals surface area (Å²) in [4.78, 5) is 12.2. The Morgan fingerprint density at radius 1 is 1.04 bits per heavy atom. The third kappa shape index (κ3) is 4.25. The van der Waals surface area contributed by atoms with Gasteiger partial charge in [0.25, 0.3) is 10.0 Å². The first kappa shape index (κ1) is 18.0. The molecule has 0 atom stereocenters. The largest absolute Gasteiger partial charge is 0.489 e. The molecule has 26 heavy (non-hydrogen) atoms. The fourth-order valence-electron chi connectivity index (χ4n) is 2.17. The predicted octanol–water partition coefficient (Wildman–Crippen LogP) is 3.63. The Morgan fingerprint density at radius 3 is 2.42 bits per heavy atom. The van der Waals surface area contributed by atoms with Crippen molar-refractivity contribution in [2.45, 2.75) is 11.5 Å². The normalized spacial score (nSPS) is 11.1. The van der Waals surface area contributed by atoms with E-state index in [1.54, 1.807) is 18.2 Å². The van der Waals surface area contributed by atoms with Crippen LogP contribution in [0.2, 0.25) is 5.02 Å². The monoisotopic (exact) mass is 391 g/mol. The summed E-state index contributed by atoms with van der Waals surface area (Å²) in [6.45, 7) is 0.0598.